The molecular formula is C12H16N4O5. The standard InChI is InChI=1S/C12H16N4O5/c1-20-10(17)4-3-8(11(18)21-2)15-12(19)16-9-7-13-5-6-14-9/h5-8H,3-4H2,1-2H3,(H2,14,15,16,19). The normalized spacial score (nSPS) is 11.1. The van der Waals surface area contributed by atoms with Gasteiger partial charge in [-0.25, -0.2) is 14.6 Å². The maximum Gasteiger partial charge on any atom is 0.328 e. The van der Waals surface area contributed by atoms with Crippen LogP contribution in [0.1, 0.15) is 12.8 Å². The van der Waals surface area contributed by atoms with E-state index >= 15 is 0 Å². The van der Waals surface area contributed by atoms with Gasteiger partial charge >= 0.3 is 18.0 Å². The SMILES string of the molecule is COC(=O)CCC(NC(=O)Nc1cnccn1)C(=O)OC. The number of amides is 2. The number of hydrogen-bond donors (Lipinski definition) is 2. The lowest BCUT2D eigenvalue weighted by Crippen LogP contribution is -2.44. The molecule has 1 rings (SSSR count). The topological polar surface area (TPSA) is 120 Å². The van der Waals surface area contributed by atoms with E-state index in [0.29, 0.717) is 0 Å². The van der Waals surface area contributed by atoms with E-state index in [2.05, 4.69) is 30.1 Å². The fraction of sp³-hybridized carbons (Fsp3) is 0.417. The molecule has 0 aliphatic carbocycles. The van der Waals surface area contributed by atoms with Gasteiger partial charge in [0.15, 0.2) is 5.82 Å². The maximum absolute atomic E-state index is 11.7. The number of nitrogens with one attached hydrogen (secondary N) is 2. The molecule has 0 aromatic carbocycles. The third-order valence-corrected chi connectivity index (χ3v) is 2.46. The number of hydrogen-bond acceptors (Lipinski definition) is 7. The minimum Gasteiger partial charge on any atom is -0.469 e. The summed E-state index contributed by atoms with van der Waals surface area (Å²) in [4.78, 5) is 42.0. The Labute approximate surface area is 121 Å². The largest absolute Gasteiger partial charge is 0.469 e. The van der Waals surface area contributed by atoms with Crippen LogP contribution in [0.15, 0.2) is 18.6 Å². The van der Waals surface area contributed by atoms with Crippen molar-refractivity contribution in [3.63, 3.8) is 0 Å². The van der Waals surface area contributed by atoms with Crippen LogP contribution >= 0.6 is 0 Å². The number of urea groups is 1. The summed E-state index contributed by atoms with van der Waals surface area (Å²) in [5.41, 5.74) is 0. The highest BCUT2D eigenvalue weighted by atomic mass is 16.5. The Balaban J connectivity index is 2.57. The van der Waals surface area contributed by atoms with E-state index in [4.69, 9.17) is 0 Å². The molecular weight excluding hydrogens is 280 g/mol. The highest BCUT2D eigenvalue weighted by molar-refractivity contribution is 5.91. The van der Waals surface area contributed by atoms with Crippen molar-refractivity contribution in [3.8, 4) is 0 Å². The summed E-state index contributed by atoms with van der Waals surface area (Å²) in [5.74, 6) is -0.917. The summed E-state index contributed by atoms with van der Waals surface area (Å²) in [6.07, 6.45) is 4.25. The van der Waals surface area contributed by atoms with Crippen molar-refractivity contribution in [2.24, 2.45) is 0 Å². The van der Waals surface area contributed by atoms with Gasteiger partial charge in [-0.2, -0.15) is 0 Å². The number of carbonyl (C=O) groups is 3. The monoisotopic (exact) mass is 296 g/mol. The molecule has 0 aliphatic heterocycles. The van der Waals surface area contributed by atoms with Crippen molar-refractivity contribution in [2.45, 2.75) is 18.9 Å². The molecule has 0 radical (unpaired) electrons. The third-order valence-electron chi connectivity index (χ3n) is 2.46. The molecule has 2 N–H and O–H groups in total. The maximum atomic E-state index is 11.7. The summed E-state index contributed by atoms with van der Waals surface area (Å²) in [6.45, 7) is 0. The van der Waals surface area contributed by atoms with Gasteiger partial charge in [-0.1, -0.05) is 0 Å². The molecule has 1 aromatic heterocycles. The average molecular weight is 296 g/mol. The quantitative estimate of drug-likeness (QED) is 0.714. The predicted molar refractivity (Wildman–Crippen MR) is 71.2 cm³/mol. The van der Waals surface area contributed by atoms with E-state index in [0.717, 1.165) is 0 Å². The molecule has 1 atom stereocenters. The van der Waals surface area contributed by atoms with Gasteiger partial charge in [-0.15, -0.1) is 0 Å². The predicted octanol–water partition coefficient (Wildman–Crippen LogP) is 0.0929. The lowest BCUT2D eigenvalue weighted by Gasteiger charge is -2.16. The second kappa shape index (κ2) is 8.46. The first-order chi connectivity index (χ1) is 10.1. The van der Waals surface area contributed by atoms with E-state index in [9.17, 15) is 14.4 Å². The van der Waals surface area contributed by atoms with Crippen molar-refractivity contribution in [2.75, 3.05) is 19.5 Å². The minimum atomic E-state index is -0.967. The first-order valence-corrected chi connectivity index (χ1v) is 6.05. The van der Waals surface area contributed by atoms with Crippen molar-refractivity contribution >= 4 is 23.8 Å². The van der Waals surface area contributed by atoms with Crippen LogP contribution < -0.4 is 10.6 Å². The van der Waals surface area contributed by atoms with Crippen molar-refractivity contribution < 1.29 is 23.9 Å². The third kappa shape index (κ3) is 5.85. The number of anilines is 1. The van der Waals surface area contributed by atoms with Crippen LogP contribution in [0.3, 0.4) is 0 Å². The Morgan fingerprint density at radius 2 is 2.00 bits per heavy atom. The van der Waals surface area contributed by atoms with Crippen LogP contribution in [0.5, 0.6) is 0 Å². The molecule has 114 valence electrons. The lowest BCUT2D eigenvalue weighted by molar-refractivity contribution is -0.144. The molecule has 0 aliphatic rings. The Bertz CT molecular complexity index is 494. The van der Waals surface area contributed by atoms with Gasteiger partial charge in [0.1, 0.15) is 6.04 Å². The molecule has 1 heterocycles. The first-order valence-electron chi connectivity index (χ1n) is 6.05. The smallest absolute Gasteiger partial charge is 0.328 e. The summed E-state index contributed by atoms with van der Waals surface area (Å²) in [7, 11) is 2.43. The number of rotatable bonds is 6. The summed E-state index contributed by atoms with van der Waals surface area (Å²) < 4.78 is 9.04. The zero-order chi connectivity index (χ0) is 15.7. The first kappa shape index (κ1) is 16.3. The van der Waals surface area contributed by atoms with Gasteiger partial charge in [-0.3, -0.25) is 15.1 Å². The Morgan fingerprint density at radius 1 is 1.24 bits per heavy atom. The van der Waals surface area contributed by atoms with Gasteiger partial charge in [0, 0.05) is 18.8 Å². The van der Waals surface area contributed by atoms with E-state index < -0.39 is 24.0 Å². The van der Waals surface area contributed by atoms with E-state index in [1.165, 1.54) is 32.8 Å². The van der Waals surface area contributed by atoms with Crippen molar-refractivity contribution in [1.82, 2.24) is 15.3 Å². The average Bonchev–Trinajstić information content (AvgIpc) is 2.51. The highest BCUT2D eigenvalue weighted by Gasteiger charge is 2.22. The molecule has 2 amide bonds. The molecule has 0 saturated heterocycles. The van der Waals surface area contributed by atoms with E-state index in [1.807, 2.05) is 0 Å². The van der Waals surface area contributed by atoms with Crippen LogP contribution in [0, 0.1) is 0 Å². The number of methoxy groups -OCH3 is 2. The number of ether oxygens (including phenoxy) is 2. The molecule has 21 heavy (non-hydrogen) atoms. The molecule has 0 saturated carbocycles. The second-order valence-corrected chi connectivity index (χ2v) is 3.88. The second-order valence-electron chi connectivity index (χ2n) is 3.88. The Morgan fingerprint density at radius 3 is 2.57 bits per heavy atom. The van der Waals surface area contributed by atoms with Gasteiger partial charge in [0.05, 0.1) is 20.4 Å². The van der Waals surface area contributed by atoms with Gasteiger partial charge in [0.25, 0.3) is 0 Å². The van der Waals surface area contributed by atoms with Gasteiger partial charge in [0.2, 0.25) is 0 Å². The highest BCUT2D eigenvalue weighted by Crippen LogP contribution is 2.03. The minimum absolute atomic E-state index is 0.0261. The molecule has 9 nitrogen and oxygen atoms in total. The summed E-state index contributed by atoms with van der Waals surface area (Å²) in [5, 5.41) is 4.80. The Kier molecular flexibility index (Phi) is 6.58. The fourth-order valence-electron chi connectivity index (χ4n) is 1.43. The van der Waals surface area contributed by atoms with Gasteiger partial charge in [-0.05, 0) is 6.42 Å². The summed E-state index contributed by atoms with van der Waals surface area (Å²) in [6, 6.07) is -1.62. The van der Waals surface area contributed by atoms with Gasteiger partial charge < -0.3 is 14.8 Å². The Hall–Kier alpha value is -2.71. The molecule has 0 bridgehead atoms. The number of nitrogens with zero attached hydrogens (tertiary/aromatic N) is 2. The van der Waals surface area contributed by atoms with Crippen LogP contribution in [0.2, 0.25) is 0 Å². The van der Waals surface area contributed by atoms with Crippen LogP contribution in [0.25, 0.3) is 0 Å². The van der Waals surface area contributed by atoms with E-state index in [1.54, 1.807) is 0 Å². The van der Waals surface area contributed by atoms with E-state index in [-0.39, 0.29) is 18.7 Å². The van der Waals surface area contributed by atoms with Crippen LogP contribution in [0.4, 0.5) is 10.6 Å². The zero-order valence-corrected chi connectivity index (χ0v) is 11.7. The van der Waals surface area contributed by atoms with Crippen LogP contribution in [-0.4, -0.2) is 48.2 Å². The number of aromatic nitrogens is 2. The number of esters is 2. The van der Waals surface area contributed by atoms with Crippen molar-refractivity contribution in [3.05, 3.63) is 18.6 Å². The van der Waals surface area contributed by atoms with Crippen molar-refractivity contribution in [1.29, 1.82) is 0 Å². The zero-order valence-electron chi connectivity index (χ0n) is 11.7. The molecule has 9 heteroatoms. The molecule has 1 unspecified atom stereocenters. The fourth-order valence-corrected chi connectivity index (χ4v) is 1.43. The lowest BCUT2D eigenvalue weighted by atomic mass is 10.1. The molecule has 0 fully saturated rings. The summed E-state index contributed by atoms with van der Waals surface area (Å²) >= 11 is 0. The molecule has 1 aromatic rings. The van der Waals surface area contributed by atoms with Crippen LogP contribution in [-0.2, 0) is 19.1 Å². The number of carbonyl (C=O) groups excluding carboxylic acids is 3. The molecule has 0 spiro atoms.